The van der Waals surface area contributed by atoms with Gasteiger partial charge in [-0.25, -0.2) is 5.01 Å². The number of Topliss-reactive ketones (excluding diaryl/α,β-unsaturated/α-hetero) is 1. The van der Waals surface area contributed by atoms with E-state index in [2.05, 4.69) is 12.2 Å². The summed E-state index contributed by atoms with van der Waals surface area (Å²) in [7, 11) is 0. The fourth-order valence-corrected chi connectivity index (χ4v) is 6.64. The van der Waals surface area contributed by atoms with Gasteiger partial charge in [-0.15, -0.1) is 0 Å². The normalized spacial score (nSPS) is 30.6. The SMILES string of the molecule is CC[C@H](C(=O)c1ccccc1)N(C(=O)c1ccc(Cl)cc1)N1C(=O)[C@@H]2[C@H]3C=C[C@@H]([C@@H]4C[C@@H]34)[C@@H]2C1=O. The number of nitrogens with zero attached hydrogens (tertiary/aromatic N) is 2. The molecule has 7 heteroatoms. The van der Waals surface area contributed by atoms with Gasteiger partial charge in [-0.3, -0.25) is 19.2 Å². The van der Waals surface area contributed by atoms with Crippen LogP contribution in [0.1, 0.15) is 40.5 Å². The van der Waals surface area contributed by atoms with Crippen LogP contribution in [-0.2, 0) is 9.59 Å². The molecule has 0 N–H and O–H groups in total. The molecule has 0 unspecified atom stereocenters. The first kappa shape index (κ1) is 22.2. The van der Waals surface area contributed by atoms with Gasteiger partial charge in [-0.05, 0) is 60.8 Å². The summed E-state index contributed by atoms with van der Waals surface area (Å²) in [4.78, 5) is 55.2. The number of ketones is 1. The molecule has 0 aromatic heterocycles. The zero-order chi connectivity index (χ0) is 24.4. The molecular weight excluding hydrogens is 464 g/mol. The topological polar surface area (TPSA) is 74.8 Å². The molecule has 2 saturated carbocycles. The molecule has 3 amide bonds. The maximum atomic E-state index is 13.9. The molecule has 2 aromatic rings. The first-order chi connectivity index (χ1) is 16.9. The second-order valence-corrected chi connectivity index (χ2v) is 10.4. The molecule has 2 bridgehead atoms. The van der Waals surface area contributed by atoms with Crippen molar-refractivity contribution in [2.75, 3.05) is 0 Å². The molecule has 0 radical (unpaired) electrons. The Morgan fingerprint density at radius 1 is 0.914 bits per heavy atom. The van der Waals surface area contributed by atoms with Gasteiger partial charge in [0.15, 0.2) is 5.78 Å². The lowest BCUT2D eigenvalue weighted by Crippen LogP contribution is -2.57. The molecule has 7 rings (SSSR count). The molecule has 6 nitrogen and oxygen atoms in total. The Hall–Kier alpha value is -3.25. The van der Waals surface area contributed by atoms with E-state index >= 15 is 0 Å². The average Bonchev–Trinajstić information content (AvgIpc) is 3.67. The van der Waals surface area contributed by atoms with Gasteiger partial charge < -0.3 is 0 Å². The van der Waals surface area contributed by atoms with Crippen molar-refractivity contribution < 1.29 is 19.2 Å². The average molecular weight is 489 g/mol. The number of hydrazine groups is 1. The Morgan fingerprint density at radius 3 is 2.03 bits per heavy atom. The Morgan fingerprint density at radius 2 is 1.49 bits per heavy atom. The summed E-state index contributed by atoms with van der Waals surface area (Å²) in [6.07, 6.45) is 5.47. The lowest BCUT2D eigenvalue weighted by molar-refractivity contribution is -0.157. The van der Waals surface area contributed by atoms with Crippen molar-refractivity contribution in [3.63, 3.8) is 0 Å². The molecule has 178 valence electrons. The number of amides is 3. The summed E-state index contributed by atoms with van der Waals surface area (Å²) in [6, 6.07) is 13.9. The number of benzene rings is 2. The predicted molar refractivity (Wildman–Crippen MR) is 129 cm³/mol. The lowest BCUT2D eigenvalue weighted by atomic mass is 9.63. The summed E-state index contributed by atoms with van der Waals surface area (Å²) in [6.45, 7) is 1.78. The van der Waals surface area contributed by atoms with Gasteiger partial charge in [0, 0.05) is 16.1 Å². The highest BCUT2D eigenvalue weighted by atomic mass is 35.5. The Balaban J connectivity index is 1.43. The first-order valence-corrected chi connectivity index (χ1v) is 12.5. The van der Waals surface area contributed by atoms with E-state index in [1.807, 2.05) is 0 Å². The fraction of sp³-hybridized carbons (Fsp3) is 0.357. The largest absolute Gasteiger partial charge is 0.292 e. The van der Waals surface area contributed by atoms with Gasteiger partial charge in [0.05, 0.1) is 11.8 Å². The number of carbonyl (C=O) groups excluding carboxylic acids is 4. The molecule has 5 aliphatic rings. The molecule has 1 heterocycles. The van der Waals surface area contributed by atoms with Crippen LogP contribution in [-0.4, -0.2) is 39.6 Å². The van der Waals surface area contributed by atoms with Crippen molar-refractivity contribution in [1.29, 1.82) is 0 Å². The molecule has 35 heavy (non-hydrogen) atoms. The van der Waals surface area contributed by atoms with Gasteiger partial charge in [0.25, 0.3) is 17.7 Å². The second kappa shape index (κ2) is 8.16. The summed E-state index contributed by atoms with van der Waals surface area (Å²) in [5.41, 5.74) is 0.681. The van der Waals surface area contributed by atoms with Crippen LogP contribution >= 0.6 is 11.6 Å². The Labute approximate surface area is 208 Å². The van der Waals surface area contributed by atoms with Crippen LogP contribution in [0.3, 0.4) is 0 Å². The molecule has 3 fully saturated rings. The third-order valence-corrected chi connectivity index (χ3v) is 8.45. The molecule has 0 spiro atoms. The number of carbonyl (C=O) groups is 4. The molecule has 4 aliphatic carbocycles. The van der Waals surface area contributed by atoms with E-state index < -0.39 is 23.8 Å². The number of allylic oxidation sites excluding steroid dienone is 2. The zero-order valence-electron chi connectivity index (χ0n) is 19.2. The smallest absolute Gasteiger partial charge is 0.273 e. The minimum Gasteiger partial charge on any atom is -0.292 e. The fourth-order valence-electron chi connectivity index (χ4n) is 6.51. The van der Waals surface area contributed by atoms with Crippen LogP contribution in [0.5, 0.6) is 0 Å². The van der Waals surface area contributed by atoms with Crippen molar-refractivity contribution in [3.8, 4) is 0 Å². The number of rotatable bonds is 6. The van der Waals surface area contributed by atoms with E-state index in [1.54, 1.807) is 61.5 Å². The highest BCUT2D eigenvalue weighted by molar-refractivity contribution is 6.30. The molecule has 1 saturated heterocycles. The molecule has 7 atom stereocenters. The van der Waals surface area contributed by atoms with E-state index in [0.717, 1.165) is 16.4 Å². The predicted octanol–water partition coefficient (Wildman–Crippen LogP) is 4.41. The first-order valence-electron chi connectivity index (χ1n) is 12.2. The zero-order valence-corrected chi connectivity index (χ0v) is 20.0. The lowest BCUT2D eigenvalue weighted by Gasteiger charge is -2.37. The minimum atomic E-state index is -1.01. The van der Waals surface area contributed by atoms with Crippen molar-refractivity contribution >= 4 is 35.1 Å². The van der Waals surface area contributed by atoms with E-state index in [-0.39, 0.29) is 41.4 Å². The van der Waals surface area contributed by atoms with E-state index in [0.29, 0.717) is 22.4 Å². The van der Waals surface area contributed by atoms with Crippen LogP contribution in [0.4, 0.5) is 0 Å². The summed E-state index contributed by atoms with van der Waals surface area (Å²) < 4.78 is 0. The van der Waals surface area contributed by atoms with E-state index in [9.17, 15) is 19.2 Å². The summed E-state index contributed by atoms with van der Waals surface area (Å²) in [5.74, 6) is -1.62. The number of imide groups is 1. The number of hydrogen-bond donors (Lipinski definition) is 0. The van der Waals surface area contributed by atoms with Crippen molar-refractivity contribution in [3.05, 3.63) is 82.9 Å². The van der Waals surface area contributed by atoms with E-state index in [4.69, 9.17) is 11.6 Å². The maximum absolute atomic E-state index is 13.9. The standard InChI is InChI=1S/C28H25ClN2O4/c1-2-22(25(32)15-6-4-3-5-7-15)30(26(33)16-8-10-17(29)11-9-16)31-27(34)23-18-12-13-19(21-14-20(18)21)24(23)28(31)35/h3-13,18-24H,2,14H2,1H3/t18-,19-,20-,21-,22+,23-,24+/m0/s1. The Kier molecular flexibility index (Phi) is 5.18. The van der Waals surface area contributed by atoms with Crippen LogP contribution in [0.15, 0.2) is 66.7 Å². The second-order valence-electron chi connectivity index (χ2n) is 9.95. The van der Waals surface area contributed by atoms with Crippen LogP contribution in [0, 0.1) is 35.5 Å². The highest BCUT2D eigenvalue weighted by Gasteiger charge is 2.68. The van der Waals surface area contributed by atoms with Gasteiger partial charge in [-0.2, -0.15) is 5.01 Å². The van der Waals surface area contributed by atoms with Crippen molar-refractivity contribution in [2.24, 2.45) is 35.5 Å². The minimum absolute atomic E-state index is 0.0221. The van der Waals surface area contributed by atoms with Gasteiger partial charge >= 0.3 is 0 Å². The quantitative estimate of drug-likeness (QED) is 0.343. The monoisotopic (exact) mass is 488 g/mol. The third-order valence-electron chi connectivity index (χ3n) is 8.20. The summed E-state index contributed by atoms with van der Waals surface area (Å²) >= 11 is 6.02. The number of halogens is 1. The van der Waals surface area contributed by atoms with Crippen LogP contribution < -0.4 is 0 Å². The van der Waals surface area contributed by atoms with E-state index in [1.165, 1.54) is 0 Å². The molecular formula is C28H25ClN2O4. The Bertz CT molecular complexity index is 1220. The third kappa shape index (κ3) is 3.30. The van der Waals surface area contributed by atoms with Gasteiger partial charge in [0.1, 0.15) is 6.04 Å². The van der Waals surface area contributed by atoms with Gasteiger partial charge in [-0.1, -0.05) is 61.0 Å². The number of hydrogen-bond acceptors (Lipinski definition) is 4. The van der Waals surface area contributed by atoms with Crippen LogP contribution in [0.2, 0.25) is 5.02 Å². The summed E-state index contributed by atoms with van der Waals surface area (Å²) in [5, 5.41) is 2.60. The molecule has 2 aromatic carbocycles. The van der Waals surface area contributed by atoms with Crippen molar-refractivity contribution in [2.45, 2.75) is 25.8 Å². The van der Waals surface area contributed by atoms with Gasteiger partial charge in [0.2, 0.25) is 0 Å². The highest BCUT2D eigenvalue weighted by Crippen LogP contribution is 2.65. The maximum Gasteiger partial charge on any atom is 0.273 e. The van der Waals surface area contributed by atoms with Crippen molar-refractivity contribution in [1.82, 2.24) is 10.0 Å². The van der Waals surface area contributed by atoms with Crippen LogP contribution in [0.25, 0.3) is 0 Å². The molecule has 1 aliphatic heterocycles.